The highest BCUT2D eigenvalue weighted by atomic mass is 15.3. The zero-order valence-electron chi connectivity index (χ0n) is 8.82. The van der Waals surface area contributed by atoms with Gasteiger partial charge in [-0.05, 0) is 31.9 Å². The first kappa shape index (κ1) is 8.54. The van der Waals surface area contributed by atoms with Crippen molar-refractivity contribution in [1.29, 1.82) is 0 Å². The molecule has 14 heavy (non-hydrogen) atoms. The van der Waals surface area contributed by atoms with E-state index in [2.05, 4.69) is 34.7 Å². The quantitative estimate of drug-likeness (QED) is 0.660. The fourth-order valence-electron chi connectivity index (χ4n) is 2.81. The van der Waals surface area contributed by atoms with Crippen molar-refractivity contribution >= 4 is 0 Å². The second-order valence-electron chi connectivity index (χ2n) is 4.62. The third kappa shape index (κ3) is 1.13. The Morgan fingerprint density at radius 2 is 2.14 bits per heavy atom. The van der Waals surface area contributed by atoms with Crippen LogP contribution >= 0.6 is 0 Å². The van der Waals surface area contributed by atoms with E-state index < -0.39 is 0 Å². The van der Waals surface area contributed by atoms with Crippen molar-refractivity contribution < 1.29 is 0 Å². The molecule has 3 rings (SSSR count). The van der Waals surface area contributed by atoms with E-state index >= 15 is 0 Å². The van der Waals surface area contributed by atoms with Crippen LogP contribution in [0.3, 0.4) is 0 Å². The molecule has 2 aliphatic rings. The van der Waals surface area contributed by atoms with E-state index in [1.807, 2.05) is 0 Å². The molecule has 76 valence electrons. The van der Waals surface area contributed by atoms with Crippen molar-refractivity contribution in [1.82, 2.24) is 9.47 Å². The SMILES string of the molecule is CC1c2cccn2CCN1C1CCC1. The molecular weight excluding hydrogens is 172 g/mol. The lowest BCUT2D eigenvalue weighted by Crippen LogP contribution is -2.46. The van der Waals surface area contributed by atoms with Crippen LogP contribution in [0.2, 0.25) is 0 Å². The number of aromatic nitrogens is 1. The van der Waals surface area contributed by atoms with Crippen LogP contribution in [0.25, 0.3) is 0 Å². The highest BCUT2D eigenvalue weighted by Gasteiger charge is 2.32. The molecule has 0 aromatic carbocycles. The van der Waals surface area contributed by atoms with E-state index in [4.69, 9.17) is 0 Å². The molecule has 1 atom stereocenters. The van der Waals surface area contributed by atoms with Gasteiger partial charge in [0, 0.05) is 37.1 Å². The normalized spacial score (nSPS) is 28.5. The van der Waals surface area contributed by atoms with Gasteiger partial charge < -0.3 is 4.57 Å². The summed E-state index contributed by atoms with van der Waals surface area (Å²) in [6.45, 7) is 4.78. The van der Waals surface area contributed by atoms with E-state index in [1.165, 1.54) is 38.0 Å². The maximum Gasteiger partial charge on any atom is 0.0475 e. The molecule has 1 aliphatic heterocycles. The molecule has 1 unspecified atom stereocenters. The zero-order chi connectivity index (χ0) is 9.54. The monoisotopic (exact) mass is 190 g/mol. The fourth-order valence-corrected chi connectivity index (χ4v) is 2.81. The molecule has 2 heteroatoms. The molecule has 0 N–H and O–H groups in total. The van der Waals surface area contributed by atoms with Gasteiger partial charge in [0.2, 0.25) is 0 Å². The van der Waals surface area contributed by atoms with Gasteiger partial charge in [-0.2, -0.15) is 0 Å². The van der Waals surface area contributed by atoms with Gasteiger partial charge in [0.15, 0.2) is 0 Å². The number of fused-ring (bicyclic) bond motifs is 1. The lowest BCUT2D eigenvalue weighted by molar-refractivity contribution is 0.0640. The van der Waals surface area contributed by atoms with Gasteiger partial charge in [0.05, 0.1) is 0 Å². The second kappa shape index (κ2) is 3.13. The first-order chi connectivity index (χ1) is 6.86. The van der Waals surface area contributed by atoms with Crippen LogP contribution < -0.4 is 0 Å². The predicted octanol–water partition coefficient (Wildman–Crippen LogP) is 2.42. The third-order valence-corrected chi connectivity index (χ3v) is 3.93. The average molecular weight is 190 g/mol. The minimum absolute atomic E-state index is 0.629. The molecule has 0 amide bonds. The molecule has 1 aliphatic carbocycles. The van der Waals surface area contributed by atoms with Crippen molar-refractivity contribution in [3.8, 4) is 0 Å². The molecule has 2 heterocycles. The summed E-state index contributed by atoms with van der Waals surface area (Å²) in [5.41, 5.74) is 1.50. The first-order valence-corrected chi connectivity index (χ1v) is 5.77. The van der Waals surface area contributed by atoms with E-state index in [9.17, 15) is 0 Å². The Labute approximate surface area is 85.5 Å². The average Bonchev–Trinajstić information content (AvgIpc) is 2.55. The summed E-state index contributed by atoms with van der Waals surface area (Å²) >= 11 is 0. The van der Waals surface area contributed by atoms with Crippen LogP contribution in [0.5, 0.6) is 0 Å². The van der Waals surface area contributed by atoms with E-state index in [0.29, 0.717) is 6.04 Å². The fraction of sp³-hybridized carbons (Fsp3) is 0.667. The van der Waals surface area contributed by atoms with E-state index in [1.54, 1.807) is 0 Å². The molecule has 2 nitrogen and oxygen atoms in total. The molecular formula is C12H18N2. The van der Waals surface area contributed by atoms with Gasteiger partial charge >= 0.3 is 0 Å². The Hall–Kier alpha value is -0.760. The van der Waals surface area contributed by atoms with Crippen LogP contribution in [-0.4, -0.2) is 22.1 Å². The Balaban J connectivity index is 1.85. The summed E-state index contributed by atoms with van der Waals surface area (Å²) < 4.78 is 2.40. The Kier molecular flexibility index (Phi) is 1.91. The standard InChI is InChI=1S/C12H18N2/c1-10-12-6-3-7-13(12)8-9-14(10)11-4-2-5-11/h3,6-7,10-11H,2,4-5,8-9H2,1H3. The second-order valence-corrected chi connectivity index (χ2v) is 4.62. The topological polar surface area (TPSA) is 8.17 Å². The maximum atomic E-state index is 2.69. The van der Waals surface area contributed by atoms with Gasteiger partial charge in [-0.25, -0.2) is 0 Å². The third-order valence-electron chi connectivity index (χ3n) is 3.93. The Morgan fingerprint density at radius 3 is 2.86 bits per heavy atom. The van der Waals surface area contributed by atoms with Gasteiger partial charge in [-0.1, -0.05) is 6.42 Å². The van der Waals surface area contributed by atoms with Crippen molar-refractivity contribution in [3.63, 3.8) is 0 Å². The molecule has 0 saturated heterocycles. The zero-order valence-corrected chi connectivity index (χ0v) is 8.82. The highest BCUT2D eigenvalue weighted by Crippen LogP contribution is 2.34. The summed E-state index contributed by atoms with van der Waals surface area (Å²) in [5, 5.41) is 0. The lowest BCUT2D eigenvalue weighted by atomic mass is 9.89. The molecule has 0 bridgehead atoms. The van der Waals surface area contributed by atoms with Crippen LogP contribution in [0.4, 0.5) is 0 Å². The Bertz CT molecular complexity index is 325. The molecule has 1 aromatic heterocycles. The molecule has 1 fully saturated rings. The molecule has 0 spiro atoms. The summed E-state index contributed by atoms with van der Waals surface area (Å²) in [5.74, 6) is 0. The van der Waals surface area contributed by atoms with Gasteiger partial charge in [0.1, 0.15) is 0 Å². The van der Waals surface area contributed by atoms with Crippen LogP contribution in [-0.2, 0) is 6.54 Å². The minimum Gasteiger partial charge on any atom is -0.349 e. The van der Waals surface area contributed by atoms with Crippen molar-refractivity contribution in [2.24, 2.45) is 0 Å². The Morgan fingerprint density at radius 1 is 1.29 bits per heavy atom. The van der Waals surface area contributed by atoms with E-state index in [-0.39, 0.29) is 0 Å². The minimum atomic E-state index is 0.629. The highest BCUT2D eigenvalue weighted by molar-refractivity contribution is 5.14. The number of rotatable bonds is 1. The summed E-state index contributed by atoms with van der Waals surface area (Å²) in [6.07, 6.45) is 6.49. The number of hydrogen-bond acceptors (Lipinski definition) is 1. The van der Waals surface area contributed by atoms with Gasteiger partial charge in [0.25, 0.3) is 0 Å². The smallest absolute Gasteiger partial charge is 0.0475 e. The first-order valence-electron chi connectivity index (χ1n) is 5.77. The van der Waals surface area contributed by atoms with Gasteiger partial charge in [-0.3, -0.25) is 4.90 Å². The number of nitrogens with zero attached hydrogens (tertiary/aromatic N) is 2. The summed E-state index contributed by atoms with van der Waals surface area (Å²) in [6, 6.07) is 5.96. The molecule has 1 saturated carbocycles. The summed E-state index contributed by atoms with van der Waals surface area (Å²) in [7, 11) is 0. The molecule has 1 aromatic rings. The van der Waals surface area contributed by atoms with Gasteiger partial charge in [-0.15, -0.1) is 0 Å². The van der Waals surface area contributed by atoms with Crippen molar-refractivity contribution in [2.45, 2.75) is 44.8 Å². The van der Waals surface area contributed by atoms with Crippen LogP contribution in [0, 0.1) is 0 Å². The summed E-state index contributed by atoms with van der Waals surface area (Å²) in [4.78, 5) is 2.69. The van der Waals surface area contributed by atoms with Crippen LogP contribution in [0.1, 0.15) is 37.9 Å². The van der Waals surface area contributed by atoms with Crippen molar-refractivity contribution in [3.05, 3.63) is 24.0 Å². The van der Waals surface area contributed by atoms with Crippen molar-refractivity contribution in [2.75, 3.05) is 6.54 Å². The maximum absolute atomic E-state index is 2.69. The van der Waals surface area contributed by atoms with E-state index in [0.717, 1.165) is 6.04 Å². The largest absolute Gasteiger partial charge is 0.349 e. The predicted molar refractivity (Wildman–Crippen MR) is 57.2 cm³/mol. The number of hydrogen-bond donors (Lipinski definition) is 0. The van der Waals surface area contributed by atoms with Crippen LogP contribution in [0.15, 0.2) is 18.3 Å². The molecule has 0 radical (unpaired) electrons. The lowest BCUT2D eigenvalue weighted by Gasteiger charge is -2.44.